The van der Waals surface area contributed by atoms with Crippen LogP contribution in [0.1, 0.15) is 21.5 Å². The van der Waals surface area contributed by atoms with Crippen LogP contribution in [0.15, 0.2) is 42.5 Å². The van der Waals surface area contributed by atoms with Gasteiger partial charge in [-0.3, -0.25) is 4.79 Å². The monoisotopic (exact) mass is 261 g/mol. The fourth-order valence-electron chi connectivity index (χ4n) is 1.66. The first-order chi connectivity index (χ1) is 9.06. The van der Waals surface area contributed by atoms with E-state index < -0.39 is 17.5 Å². The van der Waals surface area contributed by atoms with Crippen LogP contribution in [-0.2, 0) is 6.54 Å². The van der Waals surface area contributed by atoms with E-state index in [9.17, 15) is 13.6 Å². The third kappa shape index (κ3) is 3.37. The number of halogens is 2. The van der Waals surface area contributed by atoms with Gasteiger partial charge < -0.3 is 5.32 Å². The predicted octanol–water partition coefficient (Wildman–Crippen LogP) is 3.20. The molecule has 2 nitrogen and oxygen atoms in total. The standard InChI is InChI=1S/C15H13F2NO/c1-10-2-4-11(5-3-10)9-18-15(19)13-7-6-12(16)8-14(13)17/h2-8H,9H2,1H3,(H,18,19). The highest BCUT2D eigenvalue weighted by Gasteiger charge is 2.11. The summed E-state index contributed by atoms with van der Waals surface area (Å²) in [5, 5.41) is 2.59. The average molecular weight is 261 g/mol. The molecule has 0 aromatic heterocycles. The second-order valence-electron chi connectivity index (χ2n) is 4.29. The van der Waals surface area contributed by atoms with Crippen LogP contribution in [0, 0.1) is 18.6 Å². The van der Waals surface area contributed by atoms with Crippen LogP contribution in [0.4, 0.5) is 8.78 Å². The molecule has 0 fully saturated rings. The highest BCUT2D eigenvalue weighted by molar-refractivity contribution is 5.94. The maximum absolute atomic E-state index is 13.4. The van der Waals surface area contributed by atoms with Crippen molar-refractivity contribution in [2.24, 2.45) is 0 Å². The van der Waals surface area contributed by atoms with Gasteiger partial charge in [-0.2, -0.15) is 0 Å². The lowest BCUT2D eigenvalue weighted by molar-refractivity contribution is 0.0947. The number of hydrogen-bond acceptors (Lipinski definition) is 1. The molecule has 0 radical (unpaired) electrons. The van der Waals surface area contributed by atoms with Crippen molar-refractivity contribution >= 4 is 5.91 Å². The number of hydrogen-bond donors (Lipinski definition) is 1. The second kappa shape index (κ2) is 5.61. The van der Waals surface area contributed by atoms with Gasteiger partial charge in [0.15, 0.2) is 0 Å². The molecule has 0 aliphatic heterocycles. The highest BCUT2D eigenvalue weighted by Crippen LogP contribution is 2.10. The van der Waals surface area contributed by atoms with E-state index in [1.54, 1.807) is 0 Å². The van der Waals surface area contributed by atoms with Crippen molar-refractivity contribution in [1.82, 2.24) is 5.32 Å². The number of aryl methyl sites for hydroxylation is 1. The molecule has 0 aliphatic carbocycles. The van der Waals surface area contributed by atoms with Crippen molar-refractivity contribution in [1.29, 1.82) is 0 Å². The van der Waals surface area contributed by atoms with Crippen LogP contribution in [0.25, 0.3) is 0 Å². The van der Waals surface area contributed by atoms with Crippen molar-refractivity contribution in [3.05, 3.63) is 70.8 Å². The Balaban J connectivity index is 2.03. The van der Waals surface area contributed by atoms with Gasteiger partial charge in [0, 0.05) is 12.6 Å². The fraction of sp³-hybridized carbons (Fsp3) is 0.133. The molecule has 0 heterocycles. The van der Waals surface area contributed by atoms with Crippen LogP contribution in [0.5, 0.6) is 0 Å². The summed E-state index contributed by atoms with van der Waals surface area (Å²) in [5.74, 6) is -2.12. The highest BCUT2D eigenvalue weighted by atomic mass is 19.1. The molecule has 2 aromatic rings. The van der Waals surface area contributed by atoms with E-state index in [0.717, 1.165) is 23.3 Å². The van der Waals surface area contributed by atoms with Gasteiger partial charge in [0.05, 0.1) is 5.56 Å². The third-order valence-corrected chi connectivity index (χ3v) is 2.75. The van der Waals surface area contributed by atoms with Crippen LogP contribution in [0.3, 0.4) is 0 Å². The zero-order valence-corrected chi connectivity index (χ0v) is 10.4. The number of carbonyl (C=O) groups excluding carboxylic acids is 1. The van der Waals surface area contributed by atoms with Crippen molar-refractivity contribution < 1.29 is 13.6 Å². The summed E-state index contributed by atoms with van der Waals surface area (Å²) in [5.41, 5.74) is 1.88. The molecule has 1 amide bonds. The van der Waals surface area contributed by atoms with Gasteiger partial charge in [0.25, 0.3) is 5.91 Å². The van der Waals surface area contributed by atoms with E-state index in [4.69, 9.17) is 0 Å². The Morgan fingerprint density at radius 3 is 2.42 bits per heavy atom. The van der Waals surface area contributed by atoms with E-state index >= 15 is 0 Å². The summed E-state index contributed by atoms with van der Waals surface area (Å²) in [6.07, 6.45) is 0. The van der Waals surface area contributed by atoms with Gasteiger partial charge in [-0.1, -0.05) is 29.8 Å². The van der Waals surface area contributed by atoms with Gasteiger partial charge in [-0.25, -0.2) is 8.78 Å². The molecule has 0 bridgehead atoms. The van der Waals surface area contributed by atoms with E-state index in [1.807, 2.05) is 31.2 Å². The molecule has 0 aliphatic rings. The molecule has 19 heavy (non-hydrogen) atoms. The maximum atomic E-state index is 13.4. The van der Waals surface area contributed by atoms with Crippen LogP contribution in [0.2, 0.25) is 0 Å². The topological polar surface area (TPSA) is 29.1 Å². The molecule has 0 unspecified atom stereocenters. The molecule has 98 valence electrons. The summed E-state index contributed by atoms with van der Waals surface area (Å²) < 4.78 is 26.1. The van der Waals surface area contributed by atoms with E-state index in [-0.39, 0.29) is 5.56 Å². The first-order valence-corrected chi connectivity index (χ1v) is 5.85. The summed E-state index contributed by atoms with van der Waals surface area (Å²) in [6.45, 7) is 2.27. The number of nitrogens with one attached hydrogen (secondary N) is 1. The fourth-order valence-corrected chi connectivity index (χ4v) is 1.66. The first kappa shape index (κ1) is 13.2. The Labute approximate surface area is 110 Å². The summed E-state index contributed by atoms with van der Waals surface area (Å²) >= 11 is 0. The van der Waals surface area contributed by atoms with Crippen LogP contribution >= 0.6 is 0 Å². The second-order valence-corrected chi connectivity index (χ2v) is 4.29. The normalized spacial score (nSPS) is 10.3. The number of amides is 1. The van der Waals surface area contributed by atoms with Gasteiger partial charge in [-0.05, 0) is 24.6 Å². The number of carbonyl (C=O) groups is 1. The maximum Gasteiger partial charge on any atom is 0.254 e. The largest absolute Gasteiger partial charge is 0.348 e. The Morgan fingerprint density at radius 1 is 1.11 bits per heavy atom. The summed E-state index contributed by atoms with van der Waals surface area (Å²) in [7, 11) is 0. The van der Waals surface area contributed by atoms with Crippen molar-refractivity contribution in [3.63, 3.8) is 0 Å². The first-order valence-electron chi connectivity index (χ1n) is 5.85. The Morgan fingerprint density at radius 2 is 1.79 bits per heavy atom. The Hall–Kier alpha value is -2.23. The lowest BCUT2D eigenvalue weighted by atomic mass is 10.1. The van der Waals surface area contributed by atoms with Gasteiger partial charge in [0.1, 0.15) is 11.6 Å². The molecular formula is C15H13F2NO. The molecule has 0 atom stereocenters. The zero-order chi connectivity index (χ0) is 13.8. The van der Waals surface area contributed by atoms with E-state index in [0.29, 0.717) is 12.6 Å². The summed E-state index contributed by atoms with van der Waals surface area (Å²) in [6, 6.07) is 10.5. The van der Waals surface area contributed by atoms with E-state index in [2.05, 4.69) is 5.32 Å². The molecular weight excluding hydrogens is 248 g/mol. The molecule has 0 spiro atoms. The minimum Gasteiger partial charge on any atom is -0.348 e. The minimum absolute atomic E-state index is 0.159. The third-order valence-electron chi connectivity index (χ3n) is 2.75. The van der Waals surface area contributed by atoms with Crippen molar-refractivity contribution in [2.45, 2.75) is 13.5 Å². The average Bonchev–Trinajstić information content (AvgIpc) is 2.37. The van der Waals surface area contributed by atoms with Gasteiger partial charge in [-0.15, -0.1) is 0 Å². The van der Waals surface area contributed by atoms with Gasteiger partial charge >= 0.3 is 0 Å². The van der Waals surface area contributed by atoms with Crippen LogP contribution < -0.4 is 5.32 Å². The van der Waals surface area contributed by atoms with E-state index in [1.165, 1.54) is 0 Å². The minimum atomic E-state index is -0.860. The zero-order valence-electron chi connectivity index (χ0n) is 10.4. The predicted molar refractivity (Wildman–Crippen MR) is 68.7 cm³/mol. The molecule has 2 aromatic carbocycles. The molecule has 4 heteroatoms. The lowest BCUT2D eigenvalue weighted by Crippen LogP contribution is -2.23. The van der Waals surface area contributed by atoms with Crippen LogP contribution in [-0.4, -0.2) is 5.91 Å². The SMILES string of the molecule is Cc1ccc(CNC(=O)c2ccc(F)cc2F)cc1. The van der Waals surface area contributed by atoms with Gasteiger partial charge in [0.2, 0.25) is 0 Å². The molecule has 1 N–H and O–H groups in total. The quantitative estimate of drug-likeness (QED) is 0.903. The molecule has 0 saturated carbocycles. The molecule has 2 rings (SSSR count). The Bertz CT molecular complexity index is 594. The molecule has 0 saturated heterocycles. The lowest BCUT2D eigenvalue weighted by Gasteiger charge is -2.06. The number of rotatable bonds is 3. The summed E-state index contributed by atoms with van der Waals surface area (Å²) in [4.78, 5) is 11.7. The van der Waals surface area contributed by atoms with Crippen molar-refractivity contribution in [3.8, 4) is 0 Å². The number of benzene rings is 2. The Kier molecular flexibility index (Phi) is 3.90. The smallest absolute Gasteiger partial charge is 0.254 e. The van der Waals surface area contributed by atoms with Crippen molar-refractivity contribution in [2.75, 3.05) is 0 Å².